The topological polar surface area (TPSA) is 22.4 Å². The van der Waals surface area contributed by atoms with Crippen molar-refractivity contribution < 1.29 is 8.84 Å². The van der Waals surface area contributed by atoms with Crippen LogP contribution < -0.4 is 4.43 Å². The zero-order valence-corrected chi connectivity index (χ0v) is 11.8. The maximum absolute atomic E-state index is 6.35. The molecule has 92 valence electrons. The first kappa shape index (κ1) is 12.2. The minimum Gasteiger partial charge on any atom is -0.541 e. The first-order chi connectivity index (χ1) is 8.24. The molecule has 2 aromatic rings. The lowest BCUT2D eigenvalue weighted by Crippen LogP contribution is -2.39. The van der Waals surface area contributed by atoms with Crippen molar-refractivity contribution in [2.75, 3.05) is 0 Å². The second-order valence-electron chi connectivity index (χ2n) is 4.44. The van der Waals surface area contributed by atoms with Crippen LogP contribution in [0, 0.1) is 0 Å². The summed E-state index contributed by atoms with van der Waals surface area (Å²) in [5, 5.41) is 1.10. The van der Waals surface area contributed by atoms with E-state index in [1.54, 1.807) is 6.26 Å². The van der Waals surface area contributed by atoms with Crippen molar-refractivity contribution in [3.8, 4) is 5.75 Å². The van der Waals surface area contributed by atoms with Gasteiger partial charge < -0.3 is 8.84 Å². The minimum absolute atomic E-state index is 0.911. The van der Waals surface area contributed by atoms with Crippen molar-refractivity contribution in [2.45, 2.75) is 38.9 Å². The summed E-state index contributed by atoms with van der Waals surface area (Å²) in [5.41, 5.74) is 0.911. The second kappa shape index (κ2) is 4.96. The molecule has 0 saturated heterocycles. The van der Waals surface area contributed by atoms with E-state index in [2.05, 4.69) is 26.8 Å². The van der Waals surface area contributed by atoms with E-state index in [4.69, 9.17) is 8.84 Å². The van der Waals surface area contributed by atoms with Crippen molar-refractivity contribution in [3.05, 3.63) is 30.5 Å². The average Bonchev–Trinajstić information content (AvgIpc) is 2.79. The zero-order valence-electron chi connectivity index (χ0n) is 10.8. The quantitative estimate of drug-likeness (QED) is 0.708. The van der Waals surface area contributed by atoms with Gasteiger partial charge >= 0.3 is 0 Å². The third-order valence-corrected chi connectivity index (χ3v) is 8.22. The van der Waals surface area contributed by atoms with Crippen molar-refractivity contribution in [3.63, 3.8) is 0 Å². The Morgan fingerprint density at radius 1 is 1.06 bits per heavy atom. The van der Waals surface area contributed by atoms with E-state index in [9.17, 15) is 0 Å². The van der Waals surface area contributed by atoms with Crippen LogP contribution in [0.15, 0.2) is 34.9 Å². The first-order valence-corrected chi connectivity index (χ1v) is 8.93. The molecular formula is C14H20O2Si. The highest BCUT2D eigenvalue weighted by molar-refractivity contribution is 6.74. The Labute approximate surface area is 104 Å². The molecule has 0 saturated carbocycles. The SMILES string of the molecule is CC[Si](CC)(CC)Oc1coc2ccccc12. The summed E-state index contributed by atoms with van der Waals surface area (Å²) in [6, 6.07) is 11.5. The Kier molecular flexibility index (Phi) is 3.57. The lowest BCUT2D eigenvalue weighted by atomic mass is 10.2. The molecule has 2 nitrogen and oxygen atoms in total. The summed E-state index contributed by atoms with van der Waals surface area (Å²) in [7, 11) is -1.60. The fraction of sp³-hybridized carbons (Fsp3) is 0.429. The van der Waals surface area contributed by atoms with Gasteiger partial charge in [-0.3, -0.25) is 0 Å². The van der Waals surface area contributed by atoms with E-state index >= 15 is 0 Å². The van der Waals surface area contributed by atoms with E-state index in [-0.39, 0.29) is 0 Å². The molecule has 0 fully saturated rings. The zero-order chi connectivity index (χ0) is 12.3. The molecule has 0 atom stereocenters. The van der Waals surface area contributed by atoms with E-state index < -0.39 is 8.32 Å². The van der Waals surface area contributed by atoms with Crippen LogP contribution in [-0.4, -0.2) is 8.32 Å². The number of rotatable bonds is 5. The predicted octanol–water partition coefficient (Wildman–Crippen LogP) is 4.82. The summed E-state index contributed by atoms with van der Waals surface area (Å²) in [5.74, 6) is 0.929. The van der Waals surface area contributed by atoms with E-state index in [0.29, 0.717) is 0 Å². The van der Waals surface area contributed by atoms with Crippen LogP contribution in [0.2, 0.25) is 18.1 Å². The molecule has 0 radical (unpaired) electrons. The van der Waals surface area contributed by atoms with E-state index in [0.717, 1.165) is 34.9 Å². The number of fused-ring (bicyclic) bond motifs is 1. The van der Waals surface area contributed by atoms with Gasteiger partial charge in [0.1, 0.15) is 11.8 Å². The number of hydrogen-bond donors (Lipinski definition) is 0. The van der Waals surface area contributed by atoms with Gasteiger partial charge in [-0.25, -0.2) is 0 Å². The highest BCUT2D eigenvalue weighted by Crippen LogP contribution is 2.32. The highest BCUT2D eigenvalue weighted by atomic mass is 28.4. The molecule has 2 rings (SSSR count). The Morgan fingerprint density at radius 3 is 2.35 bits per heavy atom. The van der Waals surface area contributed by atoms with Gasteiger partial charge in [0.25, 0.3) is 8.32 Å². The van der Waals surface area contributed by atoms with Gasteiger partial charge in [0.15, 0.2) is 5.75 Å². The number of para-hydroxylation sites is 1. The molecule has 0 amide bonds. The van der Waals surface area contributed by atoms with Gasteiger partial charge in [-0.2, -0.15) is 0 Å². The third kappa shape index (κ3) is 2.25. The fourth-order valence-electron chi connectivity index (χ4n) is 2.23. The number of furan rings is 1. The molecule has 0 unspecified atom stereocenters. The molecule has 0 aliphatic carbocycles. The predicted molar refractivity (Wildman–Crippen MR) is 74.0 cm³/mol. The molecule has 3 heteroatoms. The van der Waals surface area contributed by atoms with Crippen LogP contribution in [0.1, 0.15) is 20.8 Å². The van der Waals surface area contributed by atoms with Gasteiger partial charge in [0, 0.05) is 0 Å². The third-order valence-electron chi connectivity index (χ3n) is 3.70. The Hall–Kier alpha value is -1.22. The summed E-state index contributed by atoms with van der Waals surface area (Å²) in [4.78, 5) is 0. The van der Waals surface area contributed by atoms with E-state index in [1.807, 2.05) is 18.2 Å². The summed E-state index contributed by atoms with van der Waals surface area (Å²) >= 11 is 0. The van der Waals surface area contributed by atoms with Gasteiger partial charge in [0.2, 0.25) is 0 Å². The highest BCUT2D eigenvalue weighted by Gasteiger charge is 2.31. The van der Waals surface area contributed by atoms with Gasteiger partial charge in [-0.05, 0) is 30.3 Å². The molecule has 0 aliphatic rings. The largest absolute Gasteiger partial charge is 0.541 e. The number of benzene rings is 1. The minimum atomic E-state index is -1.60. The Bertz CT molecular complexity index is 477. The average molecular weight is 248 g/mol. The molecule has 1 heterocycles. The molecule has 0 aliphatic heterocycles. The molecule has 0 bridgehead atoms. The van der Waals surface area contributed by atoms with Gasteiger partial charge in [0.05, 0.1) is 5.39 Å². The molecule has 0 spiro atoms. The summed E-state index contributed by atoms with van der Waals surface area (Å²) in [6.45, 7) is 6.71. The molecule has 1 aromatic carbocycles. The fourth-order valence-corrected chi connectivity index (χ4v) is 4.79. The smallest absolute Gasteiger partial charge is 0.250 e. The van der Waals surface area contributed by atoms with Crippen LogP contribution in [0.5, 0.6) is 5.75 Å². The summed E-state index contributed by atoms with van der Waals surface area (Å²) in [6.07, 6.45) is 1.76. The normalized spacial score (nSPS) is 11.9. The van der Waals surface area contributed by atoms with Gasteiger partial charge in [-0.1, -0.05) is 32.9 Å². The summed E-state index contributed by atoms with van der Waals surface area (Å²) < 4.78 is 11.9. The van der Waals surface area contributed by atoms with Crippen LogP contribution in [0.3, 0.4) is 0 Å². The van der Waals surface area contributed by atoms with Crippen molar-refractivity contribution >= 4 is 19.3 Å². The Morgan fingerprint density at radius 2 is 1.71 bits per heavy atom. The second-order valence-corrected chi connectivity index (χ2v) is 9.13. The molecule has 17 heavy (non-hydrogen) atoms. The maximum atomic E-state index is 6.35. The lowest BCUT2D eigenvalue weighted by molar-refractivity contribution is 0.514. The molecular weight excluding hydrogens is 228 g/mol. The maximum Gasteiger partial charge on any atom is 0.250 e. The van der Waals surface area contributed by atoms with Crippen molar-refractivity contribution in [2.24, 2.45) is 0 Å². The molecule has 1 aromatic heterocycles. The van der Waals surface area contributed by atoms with Crippen molar-refractivity contribution in [1.82, 2.24) is 0 Å². The van der Waals surface area contributed by atoms with Crippen LogP contribution in [0.25, 0.3) is 11.0 Å². The number of hydrogen-bond acceptors (Lipinski definition) is 2. The van der Waals surface area contributed by atoms with Crippen molar-refractivity contribution in [1.29, 1.82) is 0 Å². The van der Waals surface area contributed by atoms with Crippen LogP contribution >= 0.6 is 0 Å². The van der Waals surface area contributed by atoms with E-state index in [1.165, 1.54) is 0 Å². The van der Waals surface area contributed by atoms with Crippen LogP contribution in [-0.2, 0) is 0 Å². The first-order valence-electron chi connectivity index (χ1n) is 6.40. The standard InChI is InChI=1S/C14H20O2Si/c1-4-17(5-2,6-3)16-14-11-15-13-10-8-7-9-12(13)14/h7-11H,4-6H2,1-3H3. The Balaban J connectivity index is 2.34. The lowest BCUT2D eigenvalue weighted by Gasteiger charge is -2.28. The monoisotopic (exact) mass is 248 g/mol. The van der Waals surface area contributed by atoms with Crippen LogP contribution in [0.4, 0.5) is 0 Å². The molecule has 0 N–H and O–H groups in total. The van der Waals surface area contributed by atoms with Gasteiger partial charge in [-0.15, -0.1) is 0 Å².